The topological polar surface area (TPSA) is 115 Å². The van der Waals surface area contributed by atoms with Gasteiger partial charge < -0.3 is 21.1 Å². The van der Waals surface area contributed by atoms with E-state index >= 15 is 0 Å². The number of nitrogens with zero attached hydrogens (tertiary/aromatic N) is 3. The van der Waals surface area contributed by atoms with Crippen LogP contribution in [0.5, 0.6) is 6.01 Å². The molecule has 100 valence electrons. The Morgan fingerprint density at radius 1 is 1.39 bits per heavy atom. The molecule has 0 aliphatic carbocycles. The lowest BCUT2D eigenvalue weighted by Gasteiger charge is -2.07. The summed E-state index contributed by atoms with van der Waals surface area (Å²) in [7, 11) is 1.58. The van der Waals surface area contributed by atoms with Gasteiger partial charge in [-0.3, -0.25) is 4.79 Å². The van der Waals surface area contributed by atoms with Crippen LogP contribution in [0, 0.1) is 0 Å². The standard InChI is InChI=1S/C10H18N6O2/c1-3-6-18-10-15-8(11)14-9(16-10)13-5-4-7(17)12-2/h3-6H2,1-2H3,(H,12,17)(H3,11,13,14,15,16). The molecule has 0 bridgehead atoms. The van der Waals surface area contributed by atoms with Crippen LogP contribution in [-0.2, 0) is 4.79 Å². The maximum absolute atomic E-state index is 11.0. The number of nitrogens with one attached hydrogen (secondary N) is 2. The fourth-order valence-electron chi connectivity index (χ4n) is 1.12. The van der Waals surface area contributed by atoms with Gasteiger partial charge in [-0.15, -0.1) is 0 Å². The van der Waals surface area contributed by atoms with Gasteiger partial charge >= 0.3 is 6.01 Å². The zero-order valence-corrected chi connectivity index (χ0v) is 10.6. The quantitative estimate of drug-likeness (QED) is 0.616. The predicted molar refractivity (Wildman–Crippen MR) is 67.2 cm³/mol. The molecule has 0 unspecified atom stereocenters. The summed E-state index contributed by atoms with van der Waals surface area (Å²) >= 11 is 0. The van der Waals surface area contributed by atoms with Gasteiger partial charge in [0.15, 0.2) is 0 Å². The fraction of sp³-hybridized carbons (Fsp3) is 0.600. The molecule has 0 aliphatic heterocycles. The molecule has 4 N–H and O–H groups in total. The van der Waals surface area contributed by atoms with Crippen LogP contribution >= 0.6 is 0 Å². The number of carbonyl (C=O) groups excluding carboxylic acids is 1. The Morgan fingerprint density at radius 2 is 2.17 bits per heavy atom. The largest absolute Gasteiger partial charge is 0.463 e. The van der Waals surface area contributed by atoms with Gasteiger partial charge in [0.2, 0.25) is 17.8 Å². The number of nitrogen functional groups attached to an aromatic ring is 1. The molecular weight excluding hydrogens is 236 g/mol. The third-order valence-electron chi connectivity index (χ3n) is 1.98. The van der Waals surface area contributed by atoms with Crippen molar-refractivity contribution in [1.29, 1.82) is 0 Å². The molecule has 0 aromatic carbocycles. The zero-order valence-electron chi connectivity index (χ0n) is 10.6. The van der Waals surface area contributed by atoms with Crippen LogP contribution in [0.3, 0.4) is 0 Å². The van der Waals surface area contributed by atoms with Crippen molar-refractivity contribution in [2.24, 2.45) is 0 Å². The maximum Gasteiger partial charge on any atom is 0.323 e. The average Bonchev–Trinajstić information content (AvgIpc) is 2.35. The first kappa shape index (κ1) is 13.9. The number of hydrogen-bond donors (Lipinski definition) is 3. The van der Waals surface area contributed by atoms with E-state index in [0.29, 0.717) is 25.5 Å². The molecule has 1 heterocycles. The van der Waals surface area contributed by atoms with Crippen molar-refractivity contribution in [3.05, 3.63) is 0 Å². The first-order valence-electron chi connectivity index (χ1n) is 5.74. The summed E-state index contributed by atoms with van der Waals surface area (Å²) in [6.45, 7) is 2.91. The number of hydrogen-bond acceptors (Lipinski definition) is 7. The van der Waals surface area contributed by atoms with Gasteiger partial charge in [0.1, 0.15) is 0 Å². The minimum atomic E-state index is -0.0630. The number of carbonyl (C=O) groups is 1. The Hall–Kier alpha value is -2.12. The van der Waals surface area contributed by atoms with Crippen LogP contribution < -0.4 is 21.1 Å². The second-order valence-corrected chi connectivity index (χ2v) is 3.50. The third-order valence-corrected chi connectivity index (χ3v) is 1.98. The van der Waals surface area contributed by atoms with Crippen LogP contribution in [-0.4, -0.2) is 41.1 Å². The van der Waals surface area contributed by atoms with Gasteiger partial charge in [0, 0.05) is 20.0 Å². The lowest BCUT2D eigenvalue weighted by atomic mass is 10.4. The van der Waals surface area contributed by atoms with Crippen molar-refractivity contribution in [3.63, 3.8) is 0 Å². The van der Waals surface area contributed by atoms with E-state index in [2.05, 4.69) is 25.6 Å². The molecule has 0 radical (unpaired) electrons. The van der Waals surface area contributed by atoms with Gasteiger partial charge in [-0.05, 0) is 6.42 Å². The van der Waals surface area contributed by atoms with Crippen molar-refractivity contribution in [2.45, 2.75) is 19.8 Å². The summed E-state index contributed by atoms with van der Waals surface area (Å²) in [5.41, 5.74) is 5.53. The SMILES string of the molecule is CCCOc1nc(N)nc(NCCC(=O)NC)n1. The summed E-state index contributed by atoms with van der Waals surface area (Å²) in [5.74, 6) is 0.322. The van der Waals surface area contributed by atoms with Crippen molar-refractivity contribution >= 4 is 17.8 Å². The molecule has 0 saturated heterocycles. The lowest BCUT2D eigenvalue weighted by molar-refractivity contribution is -0.120. The molecule has 0 saturated carbocycles. The Kier molecular flexibility index (Phi) is 5.62. The Morgan fingerprint density at radius 3 is 2.83 bits per heavy atom. The highest BCUT2D eigenvalue weighted by molar-refractivity contribution is 5.75. The Bertz CT molecular complexity index is 398. The summed E-state index contributed by atoms with van der Waals surface area (Å²) < 4.78 is 5.26. The average molecular weight is 254 g/mol. The number of aromatic nitrogens is 3. The van der Waals surface area contributed by atoms with Crippen LogP contribution in [0.4, 0.5) is 11.9 Å². The van der Waals surface area contributed by atoms with Crippen molar-refractivity contribution in [2.75, 3.05) is 31.2 Å². The highest BCUT2D eigenvalue weighted by Gasteiger charge is 2.05. The lowest BCUT2D eigenvalue weighted by Crippen LogP contribution is -2.21. The molecule has 0 fully saturated rings. The van der Waals surface area contributed by atoms with E-state index < -0.39 is 0 Å². The number of nitrogens with two attached hydrogens (primary N) is 1. The van der Waals surface area contributed by atoms with Gasteiger partial charge in [0.25, 0.3) is 0 Å². The van der Waals surface area contributed by atoms with Crippen LogP contribution in [0.2, 0.25) is 0 Å². The molecule has 8 heteroatoms. The van der Waals surface area contributed by atoms with E-state index in [1.807, 2.05) is 6.92 Å². The Balaban J connectivity index is 2.54. The van der Waals surface area contributed by atoms with Gasteiger partial charge in [-0.1, -0.05) is 6.92 Å². The highest BCUT2D eigenvalue weighted by Crippen LogP contribution is 2.08. The summed E-state index contributed by atoms with van der Waals surface area (Å²) in [6.07, 6.45) is 1.18. The smallest absolute Gasteiger partial charge is 0.323 e. The van der Waals surface area contributed by atoms with Crippen molar-refractivity contribution in [3.8, 4) is 6.01 Å². The fourth-order valence-corrected chi connectivity index (χ4v) is 1.12. The zero-order chi connectivity index (χ0) is 13.4. The number of rotatable bonds is 7. The monoisotopic (exact) mass is 254 g/mol. The second-order valence-electron chi connectivity index (χ2n) is 3.50. The minimum absolute atomic E-state index is 0.0630. The van der Waals surface area contributed by atoms with Crippen LogP contribution in [0.25, 0.3) is 0 Å². The third kappa shape index (κ3) is 4.81. The van der Waals surface area contributed by atoms with E-state index in [0.717, 1.165) is 6.42 Å². The number of anilines is 2. The summed E-state index contributed by atoms with van der Waals surface area (Å²) in [6, 6.07) is 0.187. The normalized spacial score (nSPS) is 9.89. The molecule has 0 aliphatic rings. The van der Waals surface area contributed by atoms with Gasteiger partial charge in [-0.25, -0.2) is 0 Å². The molecule has 1 rings (SSSR count). The van der Waals surface area contributed by atoms with Crippen LogP contribution in [0.1, 0.15) is 19.8 Å². The van der Waals surface area contributed by atoms with E-state index in [9.17, 15) is 4.79 Å². The number of ether oxygens (including phenoxy) is 1. The number of amides is 1. The van der Waals surface area contributed by atoms with E-state index in [4.69, 9.17) is 10.5 Å². The molecule has 8 nitrogen and oxygen atoms in total. The van der Waals surface area contributed by atoms with E-state index in [1.165, 1.54) is 0 Å². The van der Waals surface area contributed by atoms with Crippen molar-refractivity contribution in [1.82, 2.24) is 20.3 Å². The molecule has 0 spiro atoms. The molecule has 1 amide bonds. The highest BCUT2D eigenvalue weighted by atomic mass is 16.5. The molecular formula is C10H18N6O2. The second kappa shape index (κ2) is 7.25. The molecule has 1 aromatic heterocycles. The van der Waals surface area contributed by atoms with Gasteiger partial charge in [-0.2, -0.15) is 15.0 Å². The first-order valence-corrected chi connectivity index (χ1v) is 5.74. The maximum atomic E-state index is 11.0. The predicted octanol–water partition coefficient (Wildman–Crippen LogP) is -0.209. The van der Waals surface area contributed by atoms with Crippen molar-refractivity contribution < 1.29 is 9.53 Å². The van der Waals surface area contributed by atoms with Gasteiger partial charge in [0.05, 0.1) is 6.61 Å². The molecule has 1 aromatic rings. The summed E-state index contributed by atoms with van der Waals surface area (Å²) in [5, 5.41) is 5.40. The molecule has 18 heavy (non-hydrogen) atoms. The molecule has 0 atom stereocenters. The van der Waals surface area contributed by atoms with Crippen LogP contribution in [0.15, 0.2) is 0 Å². The Labute approximate surface area is 105 Å². The summed E-state index contributed by atoms with van der Waals surface area (Å²) in [4.78, 5) is 22.8. The minimum Gasteiger partial charge on any atom is -0.463 e. The first-order chi connectivity index (χ1) is 8.65. The van der Waals surface area contributed by atoms with E-state index in [1.54, 1.807) is 7.05 Å². The van der Waals surface area contributed by atoms with E-state index in [-0.39, 0.29) is 17.9 Å².